The predicted octanol–water partition coefficient (Wildman–Crippen LogP) is 4.24. The zero-order valence-electron chi connectivity index (χ0n) is 10.4. The van der Waals surface area contributed by atoms with Crippen LogP contribution in [0, 0.1) is 16.0 Å². The quantitative estimate of drug-likeness (QED) is 0.620. The summed E-state index contributed by atoms with van der Waals surface area (Å²) >= 11 is 5.89. The first kappa shape index (κ1) is 13.1. The number of benzene rings is 1. The molecule has 0 bridgehead atoms. The zero-order valence-corrected chi connectivity index (χ0v) is 11.1. The molecule has 0 radical (unpaired) electrons. The molecule has 1 N–H and O–H groups in total. The van der Waals surface area contributed by atoms with Crippen molar-refractivity contribution in [3.8, 4) is 0 Å². The first-order valence-electron chi connectivity index (χ1n) is 6.31. The number of para-hydroxylation sites is 1. The fourth-order valence-corrected chi connectivity index (χ4v) is 2.36. The molecular formula is C13H17ClN2O2. The smallest absolute Gasteiger partial charge is 0.310 e. The lowest BCUT2D eigenvalue weighted by molar-refractivity contribution is -0.383. The molecule has 1 unspecified atom stereocenters. The van der Waals surface area contributed by atoms with Crippen molar-refractivity contribution >= 4 is 23.0 Å². The van der Waals surface area contributed by atoms with Crippen LogP contribution in [-0.4, -0.2) is 11.0 Å². The van der Waals surface area contributed by atoms with Crippen molar-refractivity contribution in [3.63, 3.8) is 0 Å². The van der Waals surface area contributed by atoms with E-state index in [2.05, 4.69) is 12.2 Å². The first-order chi connectivity index (χ1) is 8.61. The van der Waals surface area contributed by atoms with Crippen molar-refractivity contribution in [2.24, 2.45) is 5.92 Å². The monoisotopic (exact) mass is 268 g/mol. The van der Waals surface area contributed by atoms with Gasteiger partial charge in [-0.05, 0) is 30.9 Å². The average molecular weight is 269 g/mol. The van der Waals surface area contributed by atoms with Gasteiger partial charge in [0.2, 0.25) is 0 Å². The first-order valence-corrected chi connectivity index (χ1v) is 6.69. The molecule has 0 amide bonds. The Morgan fingerprint density at radius 3 is 2.83 bits per heavy atom. The minimum Gasteiger partial charge on any atom is -0.377 e. The van der Waals surface area contributed by atoms with Gasteiger partial charge in [-0.1, -0.05) is 37.4 Å². The summed E-state index contributed by atoms with van der Waals surface area (Å²) in [6, 6.07) is 5.29. The highest BCUT2D eigenvalue weighted by atomic mass is 35.5. The van der Waals surface area contributed by atoms with Crippen LogP contribution >= 0.6 is 11.6 Å². The summed E-state index contributed by atoms with van der Waals surface area (Å²) in [6.07, 6.45) is 4.62. The van der Waals surface area contributed by atoms with E-state index in [-0.39, 0.29) is 16.8 Å². The average Bonchev–Trinajstić information content (AvgIpc) is 3.11. The van der Waals surface area contributed by atoms with Crippen molar-refractivity contribution in [2.45, 2.75) is 38.6 Å². The largest absolute Gasteiger partial charge is 0.377 e. The molecule has 2 rings (SSSR count). The van der Waals surface area contributed by atoms with Crippen LogP contribution in [0.1, 0.15) is 32.6 Å². The molecule has 1 atom stereocenters. The molecule has 0 aliphatic heterocycles. The van der Waals surface area contributed by atoms with Crippen LogP contribution in [-0.2, 0) is 0 Å². The molecule has 0 spiro atoms. The molecule has 1 aliphatic rings. The van der Waals surface area contributed by atoms with E-state index >= 15 is 0 Å². The molecule has 0 aromatic heterocycles. The zero-order chi connectivity index (χ0) is 13.1. The van der Waals surface area contributed by atoms with Crippen molar-refractivity contribution < 1.29 is 4.92 Å². The van der Waals surface area contributed by atoms with Gasteiger partial charge in [0.25, 0.3) is 0 Å². The van der Waals surface area contributed by atoms with Crippen molar-refractivity contribution in [1.29, 1.82) is 0 Å². The van der Waals surface area contributed by atoms with Crippen LogP contribution in [0.5, 0.6) is 0 Å². The lowest BCUT2D eigenvalue weighted by Crippen LogP contribution is -2.19. The maximum Gasteiger partial charge on any atom is 0.310 e. The summed E-state index contributed by atoms with van der Waals surface area (Å²) in [5.41, 5.74) is 0.508. The van der Waals surface area contributed by atoms with Gasteiger partial charge in [0.1, 0.15) is 10.7 Å². The fraction of sp³-hybridized carbons (Fsp3) is 0.538. The Labute approximate surface area is 111 Å². The van der Waals surface area contributed by atoms with E-state index in [1.807, 2.05) is 0 Å². The van der Waals surface area contributed by atoms with Gasteiger partial charge in [-0.25, -0.2) is 0 Å². The van der Waals surface area contributed by atoms with Crippen molar-refractivity contribution in [3.05, 3.63) is 33.3 Å². The number of halogens is 1. The highest BCUT2D eigenvalue weighted by molar-refractivity contribution is 6.33. The Morgan fingerprint density at radius 2 is 2.28 bits per heavy atom. The van der Waals surface area contributed by atoms with Gasteiger partial charge in [-0.15, -0.1) is 0 Å². The topological polar surface area (TPSA) is 55.2 Å². The van der Waals surface area contributed by atoms with Crippen molar-refractivity contribution in [2.75, 3.05) is 5.32 Å². The molecule has 98 valence electrons. The Hall–Kier alpha value is -1.29. The lowest BCUT2D eigenvalue weighted by atomic mass is 10.1. The number of nitrogens with zero attached hydrogens (tertiary/aromatic N) is 1. The van der Waals surface area contributed by atoms with E-state index < -0.39 is 4.92 Å². The SMILES string of the molecule is CCC(CC1CC1)Nc1cccc(Cl)c1[N+](=O)[O-]. The van der Waals surface area contributed by atoms with Gasteiger partial charge in [-0.2, -0.15) is 0 Å². The third-order valence-electron chi connectivity index (χ3n) is 3.34. The van der Waals surface area contributed by atoms with E-state index in [1.54, 1.807) is 18.2 Å². The number of rotatable bonds is 6. The summed E-state index contributed by atoms with van der Waals surface area (Å²) in [7, 11) is 0. The molecule has 1 aromatic carbocycles. The Kier molecular flexibility index (Phi) is 4.07. The van der Waals surface area contributed by atoms with Gasteiger partial charge >= 0.3 is 5.69 Å². The molecule has 5 heteroatoms. The molecule has 1 aromatic rings. The fourth-order valence-electron chi connectivity index (χ4n) is 2.12. The number of hydrogen-bond acceptors (Lipinski definition) is 3. The summed E-state index contributed by atoms with van der Waals surface area (Å²) in [4.78, 5) is 10.6. The minimum absolute atomic E-state index is 0.0200. The van der Waals surface area contributed by atoms with E-state index in [0.717, 1.165) is 18.8 Å². The Morgan fingerprint density at radius 1 is 1.56 bits per heavy atom. The van der Waals surface area contributed by atoms with Gasteiger partial charge < -0.3 is 5.32 Å². The van der Waals surface area contributed by atoms with Crippen LogP contribution in [0.3, 0.4) is 0 Å². The molecule has 1 fully saturated rings. The molecule has 18 heavy (non-hydrogen) atoms. The molecular weight excluding hydrogens is 252 g/mol. The Bertz CT molecular complexity index is 447. The minimum atomic E-state index is -0.422. The predicted molar refractivity (Wildman–Crippen MR) is 73.1 cm³/mol. The third-order valence-corrected chi connectivity index (χ3v) is 3.64. The highest BCUT2D eigenvalue weighted by Gasteiger charge is 2.26. The maximum absolute atomic E-state index is 11.0. The number of anilines is 1. The molecule has 1 saturated carbocycles. The van der Waals surface area contributed by atoms with E-state index in [0.29, 0.717) is 5.69 Å². The van der Waals surface area contributed by atoms with E-state index in [1.165, 1.54) is 12.8 Å². The van der Waals surface area contributed by atoms with Crippen LogP contribution in [0.2, 0.25) is 5.02 Å². The second-order valence-corrected chi connectivity index (χ2v) is 5.23. The standard InChI is InChI=1S/C13H17ClN2O2/c1-2-10(8-9-6-7-9)15-12-5-3-4-11(14)13(12)16(17)18/h3-5,9-10,15H,2,6-8H2,1H3. The summed E-state index contributed by atoms with van der Waals surface area (Å²) in [5, 5.41) is 14.5. The summed E-state index contributed by atoms with van der Waals surface area (Å²) in [5.74, 6) is 0.792. The third kappa shape index (κ3) is 3.13. The van der Waals surface area contributed by atoms with E-state index in [9.17, 15) is 10.1 Å². The van der Waals surface area contributed by atoms with Crippen LogP contribution in [0.4, 0.5) is 11.4 Å². The van der Waals surface area contributed by atoms with Gasteiger partial charge in [-0.3, -0.25) is 10.1 Å². The normalized spacial score (nSPS) is 16.3. The number of nitro benzene ring substituents is 1. The Balaban J connectivity index is 2.15. The van der Waals surface area contributed by atoms with Gasteiger partial charge in [0, 0.05) is 6.04 Å². The molecule has 0 heterocycles. The molecule has 4 nitrogen and oxygen atoms in total. The summed E-state index contributed by atoms with van der Waals surface area (Å²) < 4.78 is 0. The van der Waals surface area contributed by atoms with Crippen LogP contribution in [0.15, 0.2) is 18.2 Å². The highest BCUT2D eigenvalue weighted by Crippen LogP contribution is 2.37. The number of nitro groups is 1. The maximum atomic E-state index is 11.0. The van der Waals surface area contributed by atoms with Gasteiger partial charge in [0.15, 0.2) is 0 Å². The molecule has 0 saturated heterocycles. The second kappa shape index (κ2) is 5.57. The van der Waals surface area contributed by atoms with Crippen LogP contribution < -0.4 is 5.32 Å². The molecule has 1 aliphatic carbocycles. The number of hydrogen-bond donors (Lipinski definition) is 1. The second-order valence-electron chi connectivity index (χ2n) is 4.82. The van der Waals surface area contributed by atoms with Gasteiger partial charge in [0.05, 0.1) is 4.92 Å². The number of nitrogens with one attached hydrogen (secondary N) is 1. The van der Waals surface area contributed by atoms with Crippen LogP contribution in [0.25, 0.3) is 0 Å². The van der Waals surface area contributed by atoms with Crippen molar-refractivity contribution in [1.82, 2.24) is 0 Å². The van der Waals surface area contributed by atoms with E-state index in [4.69, 9.17) is 11.6 Å². The summed E-state index contributed by atoms with van der Waals surface area (Å²) in [6.45, 7) is 2.09. The lowest BCUT2D eigenvalue weighted by Gasteiger charge is -2.18.